The highest BCUT2D eigenvalue weighted by Gasteiger charge is 2.34. The lowest BCUT2D eigenvalue weighted by Crippen LogP contribution is -2.39. The summed E-state index contributed by atoms with van der Waals surface area (Å²) < 4.78 is 37.3. The molecule has 182 valence electrons. The van der Waals surface area contributed by atoms with Gasteiger partial charge in [0.2, 0.25) is 0 Å². The van der Waals surface area contributed by atoms with Crippen LogP contribution in [0.5, 0.6) is 11.5 Å². The highest BCUT2D eigenvalue weighted by atomic mass is 32.2. The van der Waals surface area contributed by atoms with Crippen molar-refractivity contribution in [1.29, 1.82) is 0 Å². The number of nitrogens with zero attached hydrogens (tertiary/aromatic N) is 2. The minimum Gasteiger partial charge on any atom is -0.497 e. The molecule has 1 aliphatic heterocycles. The summed E-state index contributed by atoms with van der Waals surface area (Å²) in [5, 5.41) is 2.62. The van der Waals surface area contributed by atoms with Crippen molar-refractivity contribution in [2.24, 2.45) is 0 Å². The molecule has 4 rings (SSSR count). The molecule has 0 unspecified atom stereocenters. The Labute approximate surface area is 206 Å². The van der Waals surface area contributed by atoms with Crippen LogP contribution in [0.25, 0.3) is 0 Å². The van der Waals surface area contributed by atoms with Gasteiger partial charge in [0.25, 0.3) is 0 Å². The average molecular weight is 501 g/mol. The minimum absolute atomic E-state index is 0.203. The van der Waals surface area contributed by atoms with Gasteiger partial charge >= 0.3 is 0 Å². The molecule has 0 aliphatic carbocycles. The van der Waals surface area contributed by atoms with Crippen molar-refractivity contribution >= 4 is 26.3 Å². The molecule has 3 aromatic rings. The van der Waals surface area contributed by atoms with E-state index in [-0.39, 0.29) is 4.90 Å². The first-order chi connectivity index (χ1) is 16.4. The maximum Gasteiger partial charge on any atom is 0.185 e. The molecule has 0 radical (unpaired) electrons. The maximum atomic E-state index is 13.4. The van der Waals surface area contributed by atoms with Crippen molar-refractivity contribution in [3.63, 3.8) is 0 Å². The number of rotatable bonds is 9. The molecule has 0 amide bonds. The second kappa shape index (κ2) is 10.8. The van der Waals surface area contributed by atoms with Crippen LogP contribution in [0.4, 0.5) is 5.13 Å². The molecular weight excluding hydrogens is 468 g/mol. The fraction of sp³-hybridized carbons (Fsp3) is 0.423. The highest BCUT2D eigenvalue weighted by Crippen LogP contribution is 2.35. The lowest BCUT2D eigenvalue weighted by molar-refractivity contribution is 0.391. The summed E-state index contributed by atoms with van der Waals surface area (Å²) in [4.78, 5) is 7.25. The zero-order valence-corrected chi connectivity index (χ0v) is 21.6. The van der Waals surface area contributed by atoms with Gasteiger partial charge in [-0.25, -0.2) is 13.4 Å². The summed E-state index contributed by atoms with van der Waals surface area (Å²) in [5.41, 5.74) is 3.68. The van der Waals surface area contributed by atoms with Crippen LogP contribution in [0, 0.1) is 0 Å². The number of thiazole rings is 1. The molecule has 0 bridgehead atoms. The zero-order valence-electron chi connectivity index (χ0n) is 20.0. The second-order valence-corrected chi connectivity index (χ2v) is 11.6. The van der Waals surface area contributed by atoms with Gasteiger partial charge in [-0.05, 0) is 42.5 Å². The summed E-state index contributed by atoms with van der Waals surface area (Å²) in [6.07, 6.45) is 4.17. The van der Waals surface area contributed by atoms with E-state index in [1.165, 1.54) is 25.3 Å². The third kappa shape index (κ3) is 5.39. The number of anilines is 1. The van der Waals surface area contributed by atoms with Crippen LogP contribution in [0.1, 0.15) is 43.0 Å². The summed E-state index contributed by atoms with van der Waals surface area (Å²) in [6, 6.07) is 13.7. The van der Waals surface area contributed by atoms with Gasteiger partial charge in [-0.15, -0.1) is 11.3 Å². The number of aromatic nitrogens is 1. The van der Waals surface area contributed by atoms with Crippen molar-refractivity contribution < 1.29 is 17.9 Å². The van der Waals surface area contributed by atoms with E-state index in [9.17, 15) is 8.42 Å². The van der Waals surface area contributed by atoms with E-state index in [4.69, 9.17) is 14.5 Å². The lowest BCUT2D eigenvalue weighted by atomic mass is 10.1. The van der Waals surface area contributed by atoms with Crippen molar-refractivity contribution in [2.45, 2.75) is 49.2 Å². The number of ether oxygens (including phenoxy) is 2. The molecule has 2 heterocycles. The van der Waals surface area contributed by atoms with Gasteiger partial charge in [-0.1, -0.05) is 37.6 Å². The van der Waals surface area contributed by atoms with Gasteiger partial charge in [0.05, 0.1) is 25.2 Å². The molecule has 2 aromatic carbocycles. The Kier molecular flexibility index (Phi) is 7.78. The molecule has 1 fully saturated rings. The van der Waals surface area contributed by atoms with E-state index >= 15 is 0 Å². The van der Waals surface area contributed by atoms with Crippen LogP contribution in [0.2, 0.25) is 0 Å². The van der Waals surface area contributed by atoms with E-state index in [2.05, 4.69) is 41.5 Å². The molecule has 1 aliphatic rings. The quantitative estimate of drug-likeness (QED) is 0.405. The third-order valence-corrected chi connectivity index (χ3v) is 9.55. The normalized spacial score (nSPS) is 14.9. The van der Waals surface area contributed by atoms with Crippen molar-refractivity contribution in [2.75, 3.05) is 32.2 Å². The number of benzene rings is 2. The predicted molar refractivity (Wildman–Crippen MR) is 137 cm³/mol. The number of hydrogen-bond donors (Lipinski definition) is 0. The second-order valence-electron chi connectivity index (χ2n) is 8.61. The number of sulfone groups is 1. The molecule has 6 nitrogen and oxygen atoms in total. The first-order valence-electron chi connectivity index (χ1n) is 11.7. The first kappa shape index (κ1) is 24.5. The van der Waals surface area contributed by atoms with Crippen molar-refractivity contribution in [3.8, 4) is 11.5 Å². The van der Waals surface area contributed by atoms with Gasteiger partial charge < -0.3 is 14.4 Å². The fourth-order valence-electron chi connectivity index (χ4n) is 4.39. The minimum atomic E-state index is -3.53. The smallest absolute Gasteiger partial charge is 0.185 e. The van der Waals surface area contributed by atoms with Crippen LogP contribution in [-0.4, -0.2) is 46.0 Å². The van der Waals surface area contributed by atoms with Crippen LogP contribution in [-0.2, 0) is 22.7 Å². The van der Waals surface area contributed by atoms with Crippen LogP contribution in [0.3, 0.4) is 0 Å². The topological polar surface area (TPSA) is 68.7 Å². The van der Waals surface area contributed by atoms with E-state index in [1.807, 2.05) is 0 Å². The van der Waals surface area contributed by atoms with Crippen LogP contribution < -0.4 is 14.4 Å². The van der Waals surface area contributed by atoms with E-state index < -0.39 is 15.1 Å². The Balaban J connectivity index is 1.40. The molecule has 1 aromatic heterocycles. The molecule has 8 heteroatoms. The Bertz CT molecular complexity index is 1200. The standard InChI is InChI=1S/C26H32N2O4S2/c1-4-5-19-6-8-20(9-7-19)16-21-18-33-26(27-21)28-14-12-23(13-15-28)34(29,30)25-17-22(31-2)10-11-24(25)32-3/h6-11,17-18,23H,4-5,12-16H2,1-3H3. The molecular formula is C26H32N2O4S2. The van der Waals surface area contributed by atoms with Gasteiger partial charge in [0.15, 0.2) is 15.0 Å². The molecule has 34 heavy (non-hydrogen) atoms. The molecule has 0 N–H and O–H groups in total. The molecule has 0 atom stereocenters. The predicted octanol–water partition coefficient (Wildman–Crippen LogP) is 5.15. The van der Waals surface area contributed by atoms with Gasteiger partial charge in [0.1, 0.15) is 16.4 Å². The fourth-order valence-corrected chi connectivity index (χ4v) is 7.17. The number of piperidine rings is 1. The lowest BCUT2D eigenvalue weighted by Gasteiger charge is -2.31. The van der Waals surface area contributed by atoms with Crippen LogP contribution >= 0.6 is 11.3 Å². The Morgan fingerprint density at radius 1 is 1.03 bits per heavy atom. The Morgan fingerprint density at radius 3 is 2.38 bits per heavy atom. The largest absolute Gasteiger partial charge is 0.497 e. The SMILES string of the molecule is CCCc1ccc(Cc2csc(N3CCC(S(=O)(=O)c4cc(OC)ccc4OC)CC3)n2)cc1. The number of aryl methyl sites for hydroxylation is 1. The van der Waals surface area contributed by atoms with Gasteiger partial charge in [-0.2, -0.15) is 0 Å². The third-order valence-electron chi connectivity index (χ3n) is 6.32. The van der Waals surface area contributed by atoms with Gasteiger partial charge in [-0.3, -0.25) is 0 Å². The van der Waals surface area contributed by atoms with Crippen molar-refractivity contribution in [3.05, 3.63) is 64.7 Å². The number of methoxy groups -OCH3 is 2. The summed E-state index contributed by atoms with van der Waals surface area (Å²) in [5.74, 6) is 0.864. The van der Waals surface area contributed by atoms with Crippen molar-refractivity contribution in [1.82, 2.24) is 4.98 Å². The Hall–Kier alpha value is -2.58. The monoisotopic (exact) mass is 500 g/mol. The Morgan fingerprint density at radius 2 is 1.74 bits per heavy atom. The first-order valence-corrected chi connectivity index (χ1v) is 14.1. The maximum absolute atomic E-state index is 13.4. The van der Waals surface area contributed by atoms with Crippen LogP contribution in [0.15, 0.2) is 52.7 Å². The number of hydrogen-bond acceptors (Lipinski definition) is 7. The average Bonchev–Trinajstić information content (AvgIpc) is 3.33. The summed E-state index contributed by atoms with van der Waals surface area (Å²) in [7, 11) is -0.518. The highest BCUT2D eigenvalue weighted by molar-refractivity contribution is 7.92. The zero-order chi connectivity index (χ0) is 24.1. The molecule has 0 saturated carbocycles. The van der Waals surface area contributed by atoms with Gasteiger partial charge in [0, 0.05) is 31.0 Å². The summed E-state index contributed by atoms with van der Waals surface area (Å²) >= 11 is 1.63. The van der Waals surface area contributed by atoms with E-state index in [1.54, 1.807) is 29.5 Å². The summed E-state index contributed by atoms with van der Waals surface area (Å²) in [6.45, 7) is 3.52. The van der Waals surface area contributed by atoms with E-state index in [0.29, 0.717) is 37.4 Å². The van der Waals surface area contributed by atoms with E-state index in [0.717, 1.165) is 30.1 Å². The molecule has 0 spiro atoms. The molecule has 1 saturated heterocycles.